The third-order valence-corrected chi connectivity index (χ3v) is 6.82. The number of imide groups is 1. The summed E-state index contributed by atoms with van der Waals surface area (Å²) in [6, 6.07) is 18.5. The molecule has 1 aliphatic heterocycles. The van der Waals surface area contributed by atoms with Gasteiger partial charge in [0.1, 0.15) is 11.5 Å². The first-order valence-corrected chi connectivity index (χ1v) is 9.98. The van der Waals surface area contributed by atoms with Gasteiger partial charge in [0, 0.05) is 11.8 Å². The molecule has 2 atom stereocenters. The van der Waals surface area contributed by atoms with Crippen molar-refractivity contribution in [2.75, 3.05) is 4.90 Å². The van der Waals surface area contributed by atoms with Crippen LogP contribution in [0.3, 0.4) is 0 Å². The van der Waals surface area contributed by atoms with Crippen LogP contribution in [0.2, 0.25) is 0 Å². The number of rotatable bonds is 2. The van der Waals surface area contributed by atoms with E-state index in [1.807, 2.05) is 48.5 Å². The minimum atomic E-state index is -0.799. The van der Waals surface area contributed by atoms with Crippen LogP contribution in [0.5, 0.6) is 0 Å². The number of anilines is 1. The lowest BCUT2D eigenvalue weighted by Crippen LogP contribution is -2.41. The van der Waals surface area contributed by atoms with Crippen molar-refractivity contribution in [1.29, 1.82) is 0 Å². The molecule has 3 aromatic carbocycles. The van der Waals surface area contributed by atoms with Gasteiger partial charge in [-0.1, -0.05) is 48.5 Å². The second kappa shape index (κ2) is 6.07. The maximum atomic E-state index is 13.7. The minimum Gasteiger partial charge on any atom is -0.274 e. The third kappa shape index (κ3) is 2.20. The zero-order chi connectivity index (χ0) is 21.4. The third-order valence-electron chi connectivity index (χ3n) is 6.82. The van der Waals surface area contributed by atoms with E-state index in [2.05, 4.69) is 0 Å². The van der Waals surface area contributed by atoms with Gasteiger partial charge in [0.2, 0.25) is 11.8 Å². The van der Waals surface area contributed by atoms with E-state index < -0.39 is 40.1 Å². The van der Waals surface area contributed by atoms with E-state index in [-0.39, 0.29) is 17.5 Å². The average molecular weight is 414 g/mol. The van der Waals surface area contributed by atoms with Gasteiger partial charge < -0.3 is 0 Å². The number of carbonyl (C=O) groups excluding carboxylic acids is 2. The van der Waals surface area contributed by atoms with E-state index in [0.717, 1.165) is 45.4 Å². The molecule has 4 aliphatic rings. The lowest BCUT2D eigenvalue weighted by atomic mass is 9.55. The van der Waals surface area contributed by atoms with Crippen molar-refractivity contribution in [1.82, 2.24) is 0 Å². The fraction of sp³-hybridized carbons (Fsp3) is 0.167. The zero-order valence-electron chi connectivity index (χ0n) is 16.1. The summed E-state index contributed by atoms with van der Waals surface area (Å²) in [5.41, 5.74) is 3.30. The normalized spacial score (nSPS) is 25.3. The molecule has 0 saturated carbocycles. The number of hydrogen-bond donors (Lipinski definition) is 0. The van der Waals surface area contributed by atoms with Gasteiger partial charge in [-0.3, -0.25) is 19.7 Å². The smallest absolute Gasteiger partial charge is 0.274 e. The molecule has 0 radical (unpaired) electrons. The maximum Gasteiger partial charge on any atom is 0.296 e. The summed E-state index contributed by atoms with van der Waals surface area (Å²) in [7, 11) is 0. The number of nitrogens with zero attached hydrogens (tertiary/aromatic N) is 2. The summed E-state index contributed by atoms with van der Waals surface area (Å²) in [6.07, 6.45) is 0. The fourth-order valence-corrected chi connectivity index (χ4v) is 5.75. The summed E-state index contributed by atoms with van der Waals surface area (Å²) < 4.78 is 13.7. The van der Waals surface area contributed by atoms with Crippen molar-refractivity contribution in [3.05, 3.63) is 105 Å². The predicted octanol–water partition coefficient (Wildman–Crippen LogP) is 4.13. The molecule has 2 bridgehead atoms. The molecule has 152 valence electrons. The lowest BCUT2D eigenvalue weighted by Gasteiger charge is -2.45. The van der Waals surface area contributed by atoms with Crippen molar-refractivity contribution >= 4 is 23.2 Å². The molecule has 3 aliphatic carbocycles. The van der Waals surface area contributed by atoms with Gasteiger partial charge in [0.05, 0.1) is 22.8 Å². The van der Waals surface area contributed by atoms with E-state index >= 15 is 0 Å². The molecule has 0 unspecified atom stereocenters. The van der Waals surface area contributed by atoms with Crippen LogP contribution in [0, 0.1) is 27.8 Å². The van der Waals surface area contributed by atoms with Crippen LogP contribution >= 0.6 is 0 Å². The standard InChI is InChI=1S/C24H15FN2O4/c25-12-9-10-17(18(11-12)27(30)31)26-23(28)21-19-13-5-1-2-6-14(13)20(22(21)24(26)29)16-8-4-3-7-15(16)19/h1-11,19-22H/t19?,20?,21-,22-/m0/s1. The molecule has 7 rings (SSSR count). The van der Waals surface area contributed by atoms with E-state index in [1.165, 1.54) is 0 Å². The van der Waals surface area contributed by atoms with Gasteiger partial charge in [0.15, 0.2) is 0 Å². The first-order chi connectivity index (χ1) is 15.0. The summed E-state index contributed by atoms with van der Waals surface area (Å²) in [6.45, 7) is 0. The lowest BCUT2D eigenvalue weighted by molar-refractivity contribution is -0.384. The van der Waals surface area contributed by atoms with E-state index in [0.29, 0.717) is 0 Å². The Morgan fingerprint density at radius 2 is 1.23 bits per heavy atom. The molecule has 31 heavy (non-hydrogen) atoms. The van der Waals surface area contributed by atoms with E-state index in [4.69, 9.17) is 0 Å². The van der Waals surface area contributed by atoms with Crippen LogP contribution in [0.4, 0.5) is 15.8 Å². The Morgan fingerprint density at radius 1 is 0.774 bits per heavy atom. The Bertz CT molecular complexity index is 1200. The quantitative estimate of drug-likeness (QED) is 0.359. The molecule has 1 fully saturated rings. The summed E-state index contributed by atoms with van der Waals surface area (Å²) >= 11 is 0. The van der Waals surface area contributed by atoms with Crippen LogP contribution in [0.25, 0.3) is 0 Å². The summed E-state index contributed by atoms with van der Waals surface area (Å²) in [5.74, 6) is -3.63. The number of amides is 2. The van der Waals surface area contributed by atoms with Crippen molar-refractivity contribution in [3.63, 3.8) is 0 Å². The maximum absolute atomic E-state index is 13.7. The van der Waals surface area contributed by atoms with Gasteiger partial charge in [-0.05, 0) is 34.4 Å². The van der Waals surface area contributed by atoms with Crippen molar-refractivity contribution in [2.24, 2.45) is 11.8 Å². The van der Waals surface area contributed by atoms with Crippen molar-refractivity contribution < 1.29 is 18.9 Å². The molecular formula is C24H15FN2O4. The molecule has 2 amide bonds. The van der Waals surface area contributed by atoms with E-state index in [9.17, 15) is 24.1 Å². The molecule has 3 aromatic rings. The first-order valence-electron chi connectivity index (χ1n) is 9.98. The highest BCUT2D eigenvalue weighted by Gasteiger charge is 2.62. The molecule has 6 nitrogen and oxygen atoms in total. The van der Waals surface area contributed by atoms with Crippen LogP contribution in [0.1, 0.15) is 34.1 Å². The summed E-state index contributed by atoms with van der Waals surface area (Å²) in [5, 5.41) is 11.5. The number of benzene rings is 3. The molecule has 7 heteroatoms. The SMILES string of the molecule is O=C1[C@H]2C3c4ccccc4C(c4ccccc43)[C@@H]2C(=O)N1c1ccc(F)cc1[N+](=O)[O-]. The molecule has 0 spiro atoms. The first kappa shape index (κ1) is 17.9. The molecule has 1 heterocycles. The van der Waals surface area contributed by atoms with Gasteiger partial charge in [-0.15, -0.1) is 0 Å². The van der Waals surface area contributed by atoms with Crippen LogP contribution < -0.4 is 4.90 Å². The van der Waals surface area contributed by atoms with E-state index in [1.54, 1.807) is 0 Å². The molecular weight excluding hydrogens is 399 g/mol. The molecule has 1 saturated heterocycles. The van der Waals surface area contributed by atoms with Gasteiger partial charge in [-0.25, -0.2) is 9.29 Å². The Kier molecular flexibility index (Phi) is 3.51. The number of nitro benzene ring substituents is 1. The number of nitro groups is 1. The topological polar surface area (TPSA) is 80.5 Å². The number of halogens is 1. The second-order valence-electron chi connectivity index (χ2n) is 8.17. The van der Waals surface area contributed by atoms with Crippen molar-refractivity contribution in [2.45, 2.75) is 11.8 Å². The Morgan fingerprint density at radius 3 is 1.65 bits per heavy atom. The van der Waals surface area contributed by atoms with Gasteiger partial charge in [0.25, 0.3) is 5.69 Å². The van der Waals surface area contributed by atoms with Gasteiger partial charge >= 0.3 is 0 Å². The molecule has 0 N–H and O–H groups in total. The number of carbonyl (C=O) groups is 2. The highest BCUT2D eigenvalue weighted by atomic mass is 19.1. The predicted molar refractivity (Wildman–Crippen MR) is 109 cm³/mol. The van der Waals surface area contributed by atoms with Crippen molar-refractivity contribution in [3.8, 4) is 0 Å². The number of hydrogen-bond acceptors (Lipinski definition) is 4. The highest BCUT2D eigenvalue weighted by Crippen LogP contribution is 2.61. The van der Waals surface area contributed by atoms with Crippen LogP contribution in [-0.4, -0.2) is 16.7 Å². The fourth-order valence-electron chi connectivity index (χ4n) is 5.75. The Balaban J connectivity index is 1.57. The van der Waals surface area contributed by atoms with Gasteiger partial charge in [-0.2, -0.15) is 0 Å². The largest absolute Gasteiger partial charge is 0.296 e. The highest BCUT2D eigenvalue weighted by molar-refractivity contribution is 6.24. The van der Waals surface area contributed by atoms with Crippen LogP contribution in [-0.2, 0) is 9.59 Å². The Hall–Kier alpha value is -3.87. The second-order valence-corrected chi connectivity index (χ2v) is 8.17. The average Bonchev–Trinajstić information content (AvgIpc) is 3.04. The monoisotopic (exact) mass is 414 g/mol. The molecule has 0 aromatic heterocycles. The zero-order valence-corrected chi connectivity index (χ0v) is 16.1. The minimum absolute atomic E-state index is 0.177. The Labute approximate surface area is 176 Å². The summed E-state index contributed by atoms with van der Waals surface area (Å²) in [4.78, 5) is 38.9. The van der Waals surface area contributed by atoms with Crippen LogP contribution in [0.15, 0.2) is 66.7 Å².